The second-order valence-corrected chi connectivity index (χ2v) is 8.92. The van der Waals surface area contributed by atoms with Crippen molar-refractivity contribution >= 4 is 56.6 Å². The lowest BCUT2D eigenvalue weighted by Crippen LogP contribution is -2.39. The molecule has 0 N–H and O–H groups in total. The van der Waals surface area contributed by atoms with Crippen LogP contribution in [0.5, 0.6) is 11.5 Å². The fraction of sp³-hybridized carbons (Fsp3) is 0.391. The lowest BCUT2D eigenvalue weighted by molar-refractivity contribution is 0.0376. The third-order valence-electron chi connectivity index (χ3n) is 5.50. The third-order valence-corrected chi connectivity index (χ3v) is 6.90. The van der Waals surface area contributed by atoms with Gasteiger partial charge in [0.1, 0.15) is 27.5 Å². The summed E-state index contributed by atoms with van der Waals surface area (Å²) in [6.45, 7) is 4.41. The zero-order valence-corrected chi connectivity index (χ0v) is 21.3. The van der Waals surface area contributed by atoms with Gasteiger partial charge in [0.05, 0.1) is 38.0 Å². The molecule has 1 saturated heterocycles. The molecular formula is C23H26Cl2FN3O4S. The topological polar surface area (TPSA) is 64.1 Å². The van der Waals surface area contributed by atoms with Gasteiger partial charge in [0, 0.05) is 26.2 Å². The number of methoxy groups -OCH3 is 2. The molecule has 0 atom stereocenters. The van der Waals surface area contributed by atoms with Gasteiger partial charge in [0.2, 0.25) is 0 Å². The minimum atomic E-state index is -0.495. The van der Waals surface area contributed by atoms with Gasteiger partial charge in [-0.3, -0.25) is 14.6 Å². The number of carbonyl (C=O) groups is 1. The molecule has 2 aromatic carbocycles. The molecule has 0 radical (unpaired) electrons. The van der Waals surface area contributed by atoms with E-state index in [9.17, 15) is 9.18 Å². The summed E-state index contributed by atoms with van der Waals surface area (Å²) in [4.78, 5) is 22.2. The molecule has 1 amide bonds. The van der Waals surface area contributed by atoms with E-state index in [1.54, 1.807) is 25.2 Å². The number of hydrogen-bond acceptors (Lipinski definition) is 7. The van der Waals surface area contributed by atoms with Crippen molar-refractivity contribution in [1.29, 1.82) is 0 Å². The van der Waals surface area contributed by atoms with Crippen molar-refractivity contribution in [2.75, 3.05) is 58.5 Å². The number of ether oxygens (including phenoxy) is 3. The van der Waals surface area contributed by atoms with Crippen LogP contribution in [0.3, 0.4) is 0 Å². The van der Waals surface area contributed by atoms with Crippen molar-refractivity contribution in [3.63, 3.8) is 0 Å². The molecule has 1 aliphatic heterocycles. The largest absolute Gasteiger partial charge is 0.495 e. The second kappa shape index (κ2) is 12.0. The maximum atomic E-state index is 13.6. The van der Waals surface area contributed by atoms with Gasteiger partial charge in [-0.25, -0.2) is 9.37 Å². The van der Waals surface area contributed by atoms with Gasteiger partial charge in [-0.15, -0.1) is 12.4 Å². The lowest BCUT2D eigenvalue weighted by Gasteiger charge is -2.27. The maximum absolute atomic E-state index is 13.6. The number of halogens is 3. The molecule has 1 fully saturated rings. The first-order chi connectivity index (χ1) is 16.0. The standard InChI is InChI=1S/C23H25ClFN3O4S.ClH/c1-30-18-6-7-19(31-2)21-20(18)26-23(33-21)28(9-3-8-27-10-12-32-13-11-27)22(29)16-5-4-15(25)14-17(16)24;/h4-7,14H,3,8-13H2,1-2H3;1H. The highest BCUT2D eigenvalue weighted by Crippen LogP contribution is 2.40. The van der Waals surface area contributed by atoms with Crippen LogP contribution in [-0.2, 0) is 4.74 Å². The van der Waals surface area contributed by atoms with Crippen molar-refractivity contribution < 1.29 is 23.4 Å². The van der Waals surface area contributed by atoms with E-state index in [0.29, 0.717) is 41.9 Å². The SMILES string of the molecule is COc1ccc(OC)c2sc(N(CCCN3CCOCC3)C(=O)c3ccc(F)cc3Cl)nc12.Cl. The fourth-order valence-electron chi connectivity index (χ4n) is 3.76. The molecule has 2 heterocycles. The minimum absolute atomic E-state index is 0. The van der Waals surface area contributed by atoms with Gasteiger partial charge in [-0.2, -0.15) is 0 Å². The number of carbonyl (C=O) groups excluding carboxylic acids is 1. The Bertz CT molecular complexity index is 1100. The van der Waals surface area contributed by atoms with Crippen molar-refractivity contribution in [1.82, 2.24) is 9.88 Å². The van der Waals surface area contributed by atoms with Crippen LogP contribution in [0.4, 0.5) is 9.52 Å². The zero-order chi connectivity index (χ0) is 23.4. The second-order valence-electron chi connectivity index (χ2n) is 7.53. The first-order valence-electron chi connectivity index (χ1n) is 10.6. The molecule has 0 aliphatic carbocycles. The molecule has 0 unspecified atom stereocenters. The van der Waals surface area contributed by atoms with Crippen LogP contribution in [0.25, 0.3) is 10.2 Å². The van der Waals surface area contributed by atoms with Crippen molar-refractivity contribution in [3.8, 4) is 11.5 Å². The Morgan fingerprint density at radius 3 is 2.59 bits per heavy atom. The van der Waals surface area contributed by atoms with E-state index in [0.717, 1.165) is 36.8 Å². The van der Waals surface area contributed by atoms with Crippen molar-refractivity contribution in [3.05, 3.63) is 46.7 Å². The number of hydrogen-bond donors (Lipinski definition) is 0. The predicted octanol–water partition coefficient (Wildman–Crippen LogP) is 4.90. The summed E-state index contributed by atoms with van der Waals surface area (Å²) in [6.07, 6.45) is 0.731. The molecule has 1 aliphatic rings. The Balaban J connectivity index is 0.00000324. The number of aromatic nitrogens is 1. The van der Waals surface area contributed by atoms with Crippen molar-refractivity contribution in [2.24, 2.45) is 0 Å². The fourth-order valence-corrected chi connectivity index (χ4v) is 5.11. The Morgan fingerprint density at radius 2 is 1.91 bits per heavy atom. The number of nitrogens with zero attached hydrogens (tertiary/aromatic N) is 3. The summed E-state index contributed by atoms with van der Waals surface area (Å²) in [6, 6.07) is 7.38. The molecule has 3 aromatic rings. The summed E-state index contributed by atoms with van der Waals surface area (Å²) in [5.41, 5.74) is 0.843. The highest BCUT2D eigenvalue weighted by atomic mass is 35.5. The molecule has 11 heteroatoms. The molecule has 7 nitrogen and oxygen atoms in total. The number of fused-ring (bicyclic) bond motifs is 1. The Morgan fingerprint density at radius 1 is 1.21 bits per heavy atom. The molecule has 0 bridgehead atoms. The zero-order valence-electron chi connectivity index (χ0n) is 18.9. The number of thiazole rings is 1. The summed E-state index contributed by atoms with van der Waals surface area (Å²) < 4.78 is 30.7. The van der Waals surface area contributed by atoms with Crippen LogP contribution >= 0.6 is 35.3 Å². The van der Waals surface area contributed by atoms with Gasteiger partial charge < -0.3 is 14.2 Å². The van der Waals surface area contributed by atoms with Gasteiger partial charge in [0.15, 0.2) is 5.13 Å². The molecule has 34 heavy (non-hydrogen) atoms. The quantitative estimate of drug-likeness (QED) is 0.413. The molecule has 4 rings (SSSR count). The summed E-state index contributed by atoms with van der Waals surface area (Å²) in [7, 11) is 3.16. The number of rotatable bonds is 8. The van der Waals surface area contributed by atoms with E-state index >= 15 is 0 Å². The van der Waals surface area contributed by atoms with Crippen molar-refractivity contribution in [2.45, 2.75) is 6.42 Å². The number of anilines is 1. The summed E-state index contributed by atoms with van der Waals surface area (Å²) in [5.74, 6) is 0.410. The smallest absolute Gasteiger partial charge is 0.261 e. The average molecular weight is 530 g/mol. The maximum Gasteiger partial charge on any atom is 0.261 e. The van der Waals surface area contributed by atoms with Crippen LogP contribution in [0.1, 0.15) is 16.8 Å². The van der Waals surface area contributed by atoms with Crippen LogP contribution in [0, 0.1) is 5.82 Å². The van der Waals surface area contributed by atoms with Crippen LogP contribution in [-0.4, -0.2) is 69.4 Å². The van der Waals surface area contributed by atoms with Gasteiger partial charge in [-0.1, -0.05) is 22.9 Å². The third kappa shape index (κ3) is 5.72. The Hall–Kier alpha value is -2.17. The van der Waals surface area contributed by atoms with E-state index in [4.69, 9.17) is 30.8 Å². The number of benzene rings is 2. The highest BCUT2D eigenvalue weighted by molar-refractivity contribution is 7.22. The summed E-state index contributed by atoms with van der Waals surface area (Å²) >= 11 is 7.56. The van der Waals surface area contributed by atoms with Gasteiger partial charge >= 0.3 is 0 Å². The molecule has 184 valence electrons. The Labute approximate surface area is 212 Å². The van der Waals surface area contributed by atoms with E-state index in [2.05, 4.69) is 4.90 Å². The van der Waals surface area contributed by atoms with E-state index in [-0.39, 0.29) is 28.9 Å². The molecule has 0 saturated carbocycles. The van der Waals surface area contributed by atoms with Crippen LogP contribution in [0.15, 0.2) is 30.3 Å². The minimum Gasteiger partial charge on any atom is -0.495 e. The number of morpholine rings is 1. The first-order valence-corrected chi connectivity index (χ1v) is 11.8. The van der Waals surface area contributed by atoms with Crippen LogP contribution < -0.4 is 14.4 Å². The monoisotopic (exact) mass is 529 g/mol. The van der Waals surface area contributed by atoms with Gasteiger partial charge in [0.25, 0.3) is 5.91 Å². The number of amides is 1. The van der Waals surface area contributed by atoms with Gasteiger partial charge in [-0.05, 0) is 36.8 Å². The first kappa shape index (κ1) is 26.4. The summed E-state index contributed by atoms with van der Waals surface area (Å²) in [5, 5.41) is 0.564. The lowest BCUT2D eigenvalue weighted by atomic mass is 10.2. The van der Waals surface area contributed by atoms with E-state index in [1.807, 2.05) is 6.07 Å². The predicted molar refractivity (Wildman–Crippen MR) is 135 cm³/mol. The van der Waals surface area contributed by atoms with Crippen LogP contribution in [0.2, 0.25) is 5.02 Å². The Kier molecular flexibility index (Phi) is 9.32. The highest BCUT2D eigenvalue weighted by Gasteiger charge is 2.25. The van der Waals surface area contributed by atoms with E-state index < -0.39 is 5.82 Å². The molecule has 1 aromatic heterocycles. The van der Waals surface area contributed by atoms with E-state index in [1.165, 1.54) is 23.5 Å². The normalized spacial score (nSPS) is 14.0. The molecular weight excluding hydrogens is 504 g/mol. The molecule has 0 spiro atoms. The average Bonchev–Trinajstić information content (AvgIpc) is 3.26.